The van der Waals surface area contributed by atoms with Crippen molar-refractivity contribution in [3.8, 4) is 0 Å². The second-order valence-corrected chi connectivity index (χ2v) is 4.42. The molecule has 0 aromatic heterocycles. The molecule has 0 saturated heterocycles. The Morgan fingerprint density at radius 2 is 2.00 bits per heavy atom. The number of nitrogens with one attached hydrogen (secondary N) is 1. The van der Waals surface area contributed by atoms with Crippen molar-refractivity contribution >= 4 is 5.91 Å². The number of nitrogens with two attached hydrogens (primary N) is 1. The molecule has 1 amide bonds. The summed E-state index contributed by atoms with van der Waals surface area (Å²) in [6.45, 7) is 5.46. The third kappa shape index (κ3) is 4.97. The molecule has 0 spiro atoms. The van der Waals surface area contributed by atoms with Gasteiger partial charge in [-0.3, -0.25) is 10.2 Å². The van der Waals surface area contributed by atoms with Crippen LogP contribution >= 0.6 is 0 Å². The van der Waals surface area contributed by atoms with E-state index in [2.05, 4.69) is 19.3 Å². The first-order valence-electron chi connectivity index (χ1n) is 5.77. The Kier molecular flexibility index (Phi) is 5.66. The number of carbonyl (C=O) groups is 1. The molecule has 0 radical (unpaired) electrons. The summed E-state index contributed by atoms with van der Waals surface area (Å²) < 4.78 is 5.57. The van der Waals surface area contributed by atoms with Gasteiger partial charge in [-0.25, -0.2) is 5.84 Å². The monoisotopic (exact) mass is 236 g/mol. The van der Waals surface area contributed by atoms with Crippen molar-refractivity contribution in [1.82, 2.24) is 5.43 Å². The van der Waals surface area contributed by atoms with Crippen molar-refractivity contribution in [3.63, 3.8) is 0 Å². The lowest BCUT2D eigenvalue weighted by molar-refractivity contribution is -0.120. The van der Waals surface area contributed by atoms with E-state index in [0.29, 0.717) is 12.5 Å². The van der Waals surface area contributed by atoms with Crippen molar-refractivity contribution in [2.75, 3.05) is 6.61 Å². The van der Waals surface area contributed by atoms with Crippen molar-refractivity contribution < 1.29 is 9.53 Å². The van der Waals surface area contributed by atoms with Gasteiger partial charge in [-0.2, -0.15) is 0 Å². The number of carbonyl (C=O) groups excluding carboxylic acids is 1. The number of hydrazine groups is 1. The highest BCUT2D eigenvalue weighted by molar-refractivity contribution is 5.78. The Morgan fingerprint density at radius 3 is 2.59 bits per heavy atom. The maximum Gasteiger partial charge on any atom is 0.238 e. The highest BCUT2D eigenvalue weighted by Gasteiger charge is 2.06. The lowest BCUT2D eigenvalue weighted by Gasteiger charge is -2.10. The van der Waals surface area contributed by atoms with Crippen LogP contribution in [0.5, 0.6) is 0 Å². The molecule has 3 N–H and O–H groups in total. The van der Waals surface area contributed by atoms with E-state index >= 15 is 0 Å². The second-order valence-electron chi connectivity index (χ2n) is 4.42. The fourth-order valence-corrected chi connectivity index (χ4v) is 1.50. The summed E-state index contributed by atoms with van der Waals surface area (Å²) in [4.78, 5) is 11.2. The molecule has 0 unspecified atom stereocenters. The van der Waals surface area contributed by atoms with Crippen LogP contribution in [0.3, 0.4) is 0 Å². The van der Waals surface area contributed by atoms with Crippen LogP contribution in [0.4, 0.5) is 0 Å². The first-order valence-corrected chi connectivity index (χ1v) is 5.77. The van der Waals surface area contributed by atoms with Crippen LogP contribution in [0.1, 0.15) is 25.0 Å². The minimum Gasteiger partial charge on any atom is -0.376 e. The average Bonchev–Trinajstić information content (AvgIpc) is 2.30. The van der Waals surface area contributed by atoms with E-state index in [1.165, 1.54) is 0 Å². The summed E-state index contributed by atoms with van der Waals surface area (Å²) in [5.74, 6) is 5.39. The smallest absolute Gasteiger partial charge is 0.238 e. The number of hydrogen-bond donors (Lipinski definition) is 2. The Bertz CT molecular complexity index is 364. The quantitative estimate of drug-likeness (QED) is 0.445. The third-order valence-electron chi connectivity index (χ3n) is 2.34. The highest BCUT2D eigenvalue weighted by atomic mass is 16.5. The average molecular weight is 236 g/mol. The Hall–Kier alpha value is -1.39. The Morgan fingerprint density at radius 1 is 1.35 bits per heavy atom. The van der Waals surface area contributed by atoms with E-state index < -0.39 is 0 Å². The summed E-state index contributed by atoms with van der Waals surface area (Å²) >= 11 is 0. The molecule has 1 rings (SSSR count). The molecule has 0 fully saturated rings. The van der Waals surface area contributed by atoms with Crippen LogP contribution in [0, 0.1) is 5.92 Å². The van der Waals surface area contributed by atoms with Gasteiger partial charge in [0.15, 0.2) is 0 Å². The van der Waals surface area contributed by atoms with E-state index in [0.717, 1.165) is 17.7 Å². The van der Waals surface area contributed by atoms with Gasteiger partial charge in [-0.05, 0) is 17.0 Å². The van der Waals surface area contributed by atoms with Crippen LogP contribution in [-0.2, 0) is 22.6 Å². The summed E-state index contributed by atoms with van der Waals surface area (Å²) in [5, 5.41) is 0. The van der Waals surface area contributed by atoms with Crippen LogP contribution in [-0.4, -0.2) is 12.5 Å². The fraction of sp³-hybridized carbons (Fsp3) is 0.462. The van der Waals surface area contributed by atoms with E-state index in [1.807, 2.05) is 24.3 Å². The molecule has 1 aromatic rings. The SMILES string of the molecule is CC(C)COCc1ccccc1CC(=O)NN. The number of hydrogen-bond acceptors (Lipinski definition) is 3. The van der Waals surface area contributed by atoms with E-state index in [-0.39, 0.29) is 12.3 Å². The number of ether oxygens (including phenoxy) is 1. The zero-order valence-corrected chi connectivity index (χ0v) is 10.4. The zero-order chi connectivity index (χ0) is 12.7. The molecule has 0 heterocycles. The maximum absolute atomic E-state index is 11.2. The van der Waals surface area contributed by atoms with E-state index in [4.69, 9.17) is 10.6 Å². The minimum absolute atomic E-state index is 0.193. The standard InChI is InChI=1S/C13H20N2O2/c1-10(2)8-17-9-12-6-4-3-5-11(12)7-13(16)15-14/h3-6,10H,7-9,14H2,1-2H3,(H,15,16). The molecule has 0 bridgehead atoms. The van der Waals surface area contributed by atoms with Crippen LogP contribution < -0.4 is 11.3 Å². The number of amides is 1. The fourth-order valence-electron chi connectivity index (χ4n) is 1.50. The number of benzene rings is 1. The third-order valence-corrected chi connectivity index (χ3v) is 2.34. The zero-order valence-electron chi connectivity index (χ0n) is 10.4. The van der Waals surface area contributed by atoms with Crippen molar-refractivity contribution in [2.45, 2.75) is 26.9 Å². The van der Waals surface area contributed by atoms with Crippen molar-refractivity contribution in [3.05, 3.63) is 35.4 Å². The molecule has 0 aliphatic carbocycles. The lowest BCUT2D eigenvalue weighted by Crippen LogP contribution is -2.31. The van der Waals surface area contributed by atoms with Gasteiger partial charge in [0, 0.05) is 6.61 Å². The van der Waals surface area contributed by atoms with Gasteiger partial charge >= 0.3 is 0 Å². The molecule has 1 aromatic carbocycles. The molecular weight excluding hydrogens is 216 g/mol. The van der Waals surface area contributed by atoms with E-state index in [9.17, 15) is 4.79 Å². The molecule has 17 heavy (non-hydrogen) atoms. The van der Waals surface area contributed by atoms with Gasteiger partial charge in [-0.15, -0.1) is 0 Å². The van der Waals surface area contributed by atoms with Crippen LogP contribution in [0.15, 0.2) is 24.3 Å². The maximum atomic E-state index is 11.2. The molecule has 0 atom stereocenters. The first kappa shape index (κ1) is 13.7. The molecule has 4 heteroatoms. The Balaban J connectivity index is 2.61. The van der Waals surface area contributed by atoms with Crippen LogP contribution in [0.2, 0.25) is 0 Å². The van der Waals surface area contributed by atoms with Gasteiger partial charge in [0.2, 0.25) is 5.91 Å². The first-order chi connectivity index (χ1) is 8.13. The van der Waals surface area contributed by atoms with E-state index in [1.54, 1.807) is 0 Å². The van der Waals surface area contributed by atoms with Gasteiger partial charge < -0.3 is 4.74 Å². The van der Waals surface area contributed by atoms with Gasteiger partial charge in [0.1, 0.15) is 0 Å². The molecule has 0 aliphatic rings. The Labute approximate surface area is 102 Å². The predicted octanol–water partition coefficient (Wildman–Crippen LogP) is 1.39. The summed E-state index contributed by atoms with van der Waals surface area (Å²) in [5.41, 5.74) is 4.13. The van der Waals surface area contributed by atoms with Crippen molar-refractivity contribution in [1.29, 1.82) is 0 Å². The van der Waals surface area contributed by atoms with Crippen LogP contribution in [0.25, 0.3) is 0 Å². The van der Waals surface area contributed by atoms with Gasteiger partial charge in [0.25, 0.3) is 0 Å². The summed E-state index contributed by atoms with van der Waals surface area (Å²) in [6, 6.07) is 7.74. The normalized spacial score (nSPS) is 10.6. The number of rotatable bonds is 6. The molecule has 0 saturated carbocycles. The lowest BCUT2D eigenvalue weighted by atomic mass is 10.1. The van der Waals surface area contributed by atoms with Gasteiger partial charge in [-0.1, -0.05) is 38.1 Å². The van der Waals surface area contributed by atoms with Crippen molar-refractivity contribution in [2.24, 2.45) is 11.8 Å². The highest BCUT2D eigenvalue weighted by Crippen LogP contribution is 2.11. The summed E-state index contributed by atoms with van der Waals surface area (Å²) in [6.07, 6.45) is 0.289. The van der Waals surface area contributed by atoms with Gasteiger partial charge in [0.05, 0.1) is 13.0 Å². The molecule has 0 aliphatic heterocycles. The molecule has 4 nitrogen and oxygen atoms in total. The molecular formula is C13H20N2O2. The largest absolute Gasteiger partial charge is 0.376 e. The predicted molar refractivity (Wildman–Crippen MR) is 67.0 cm³/mol. The summed E-state index contributed by atoms with van der Waals surface area (Å²) in [7, 11) is 0. The second kappa shape index (κ2) is 7.04. The topological polar surface area (TPSA) is 64.3 Å². The minimum atomic E-state index is -0.193. The molecule has 94 valence electrons.